The van der Waals surface area contributed by atoms with Gasteiger partial charge in [0.15, 0.2) is 0 Å². The Bertz CT molecular complexity index is 5210. The highest BCUT2D eigenvalue weighted by atomic mass is 16.7. The lowest BCUT2D eigenvalue weighted by Crippen LogP contribution is -2.36. The highest BCUT2D eigenvalue weighted by Gasteiger charge is 2.44. The summed E-state index contributed by atoms with van der Waals surface area (Å²) in [6.45, 7) is 13.9. The van der Waals surface area contributed by atoms with E-state index in [2.05, 4.69) is 22.2 Å². The average Bonchev–Trinajstić information content (AvgIpc) is 1.08. The molecule has 0 saturated heterocycles. The van der Waals surface area contributed by atoms with Crippen molar-refractivity contribution < 1.29 is 149 Å². The maximum Gasteiger partial charge on any atom is 0.526 e. The van der Waals surface area contributed by atoms with E-state index in [0.717, 1.165) is 53.7 Å². The standard InChI is InChI=1S/C21H22BNO5.C21H21BO7.C20H27BO7.C16H19BO7.C15H19BO5/c1-27-21(25)19-4-2-3-14-9-17(22(26)28-20(14)19)10-18(24)8-13-5-6-15-11-23-12-16(15)7-13;1-2-17(23)12-16-11-15-9-6-10-18(19(15)29-22(16)26)21(25)28-13-27-20(24)14-7-4-3-5-8-14;1-5-7-15(22)11-14-10-13-8-6-9-16(17(13)28-21(14)25)18(23)26-12-27-19(24)20(2,3)4;1-3-13(19)8-12-7-11-5-4-6-14(15(11)24-17(12)21)16(20)23-9-22-10(2)18;1-3-5-12(17)9-11-8-10-6-4-7-13(15(18)20-2)14(10)21-16(11)19/h2-7,17,23,26H,8-12H2,1H3;3-10,16,26H,2,11-13H2,1H3;6,8-9,14,25H,5,7,10-12H2,1-4H3;4-6,12,21H,3,7-9H2,1-2H3;4,6-7,11,19H,3,5,8-9H2,1-2H3/t17-;16-;14-;12-;11-/m11111/s1. The van der Waals surface area contributed by atoms with Gasteiger partial charge in [-0.25, -0.2) is 28.8 Å². The molecule has 0 aliphatic carbocycles. The smallest absolute Gasteiger partial charge is 0.526 e. The van der Waals surface area contributed by atoms with E-state index in [9.17, 15) is 87.4 Å². The van der Waals surface area contributed by atoms with Crippen LogP contribution in [-0.2, 0) is 123 Å². The van der Waals surface area contributed by atoms with Gasteiger partial charge in [0, 0.05) is 113 Å². The van der Waals surface area contributed by atoms with Crippen molar-refractivity contribution in [3.05, 3.63) is 217 Å². The summed E-state index contributed by atoms with van der Waals surface area (Å²) in [5, 5.41) is 54.4. The Morgan fingerprint density at radius 1 is 0.362 bits per heavy atom. The predicted molar refractivity (Wildman–Crippen MR) is 474 cm³/mol. The van der Waals surface area contributed by atoms with Crippen LogP contribution >= 0.6 is 0 Å². The summed E-state index contributed by atoms with van der Waals surface area (Å²) in [7, 11) is -3.15. The number of fused-ring (bicyclic) bond motifs is 6. The zero-order valence-electron chi connectivity index (χ0n) is 74.5. The highest BCUT2D eigenvalue weighted by Crippen LogP contribution is 2.43. The first-order chi connectivity index (χ1) is 62.1. The van der Waals surface area contributed by atoms with Crippen LogP contribution in [0, 0.1) is 5.41 Å². The topological polar surface area (TPSA) is 455 Å². The Kier molecular flexibility index (Phi) is 38.2. The van der Waals surface area contributed by atoms with Crippen LogP contribution in [0.4, 0.5) is 0 Å². The normalized spacial score (nSPS) is 16.3. The number of para-hydroxylation sites is 5. The van der Waals surface area contributed by atoms with Crippen molar-refractivity contribution in [2.45, 2.75) is 207 Å². The van der Waals surface area contributed by atoms with Gasteiger partial charge in [-0.05, 0) is 153 Å². The lowest BCUT2D eigenvalue weighted by atomic mass is 9.64. The summed E-state index contributed by atoms with van der Waals surface area (Å²) in [5.41, 5.74) is 7.92. The minimum atomic E-state index is -1.19. The molecule has 6 aliphatic rings. The zero-order chi connectivity index (χ0) is 94.5. The summed E-state index contributed by atoms with van der Waals surface area (Å²) in [6.07, 6.45) is 7.08. The number of nitrogens with one attached hydrogen (secondary N) is 1. The second-order valence-corrected chi connectivity index (χ2v) is 32.9. The lowest BCUT2D eigenvalue weighted by molar-refractivity contribution is -0.161. The highest BCUT2D eigenvalue weighted by molar-refractivity contribution is 6.49. The number of esters is 8. The molecule has 6 heterocycles. The molecule has 0 spiro atoms. The monoisotopic (exact) mass is 1790 g/mol. The van der Waals surface area contributed by atoms with Crippen molar-refractivity contribution in [3.8, 4) is 28.7 Å². The predicted octanol–water partition coefficient (Wildman–Crippen LogP) is 11.3. The first-order valence-corrected chi connectivity index (χ1v) is 43.1. The SMILES string of the molecule is CCC(=O)C[C@H]1Cc2cccc(C(=O)OCOC(=O)c3ccccc3)c2OB1O.CCC(=O)C[C@H]1Cc2cccc(C(=O)OCOC(C)=O)c2OB1O.CCCC(=O)C[C@H]1Cc2cccc(C(=O)OC)c2OB1O.CCCC(=O)C[C@H]1Cc2cccc(C(=O)OCOC(=O)C(C)(C)C)c2OB1O.COC(=O)c1cccc2c1OB(O)[C@@H](CC(=O)Cc1ccc3c(c1)CNC3)C2. The molecular weight excluding hydrogens is 1680 g/mol. The number of carbonyl (C=O) groups is 13. The van der Waals surface area contributed by atoms with Crippen molar-refractivity contribution in [1.82, 2.24) is 5.32 Å². The van der Waals surface area contributed by atoms with Gasteiger partial charge < -0.3 is 91.6 Å². The Balaban J connectivity index is 0.000000184. The Hall–Kier alpha value is -12.3. The molecular formula is C93H108B5NO31. The maximum atomic E-state index is 12.6. The number of hydrogen-bond donors (Lipinski definition) is 6. The molecule has 5 atom stereocenters. The molecule has 0 amide bonds. The summed E-state index contributed by atoms with van der Waals surface area (Å²) in [5.74, 6) is -4.79. The van der Waals surface area contributed by atoms with Gasteiger partial charge in [0.1, 0.15) is 85.5 Å². The van der Waals surface area contributed by atoms with Crippen LogP contribution in [0.5, 0.6) is 28.7 Å². The molecule has 0 bridgehead atoms. The van der Waals surface area contributed by atoms with E-state index >= 15 is 0 Å². The molecule has 7 aromatic carbocycles. The fourth-order valence-corrected chi connectivity index (χ4v) is 15.1. The summed E-state index contributed by atoms with van der Waals surface area (Å²) in [6, 6.07) is 39.8. The molecule has 6 aliphatic heterocycles. The van der Waals surface area contributed by atoms with Crippen LogP contribution in [-0.4, -0.2) is 172 Å². The first-order valence-electron chi connectivity index (χ1n) is 43.1. The first kappa shape index (κ1) is 101. The number of ether oxygens (including phenoxy) is 8. The molecule has 32 nitrogen and oxygen atoms in total. The Labute approximate surface area is 755 Å². The molecule has 686 valence electrons. The number of Topliss-reactive ketones (excluding diaryl/α,β-unsaturated/α-hetero) is 5. The van der Waals surface area contributed by atoms with Crippen LogP contribution in [0.1, 0.15) is 233 Å². The lowest BCUT2D eigenvalue weighted by Gasteiger charge is -2.28. The number of methoxy groups -OCH3 is 2. The molecule has 37 heteroatoms. The molecule has 0 saturated carbocycles. The molecule has 0 aromatic heterocycles. The fourth-order valence-electron chi connectivity index (χ4n) is 15.1. The van der Waals surface area contributed by atoms with Crippen LogP contribution in [0.15, 0.2) is 140 Å². The van der Waals surface area contributed by atoms with Crippen molar-refractivity contribution >= 4 is 112 Å². The van der Waals surface area contributed by atoms with Crippen molar-refractivity contribution in [3.63, 3.8) is 0 Å². The van der Waals surface area contributed by atoms with Crippen LogP contribution in [0.3, 0.4) is 0 Å². The minimum absolute atomic E-state index is 0.0388. The third-order valence-electron chi connectivity index (χ3n) is 22.0. The van der Waals surface area contributed by atoms with E-state index < -0.39 is 109 Å². The summed E-state index contributed by atoms with van der Waals surface area (Å²) < 4.78 is 66.5. The van der Waals surface area contributed by atoms with Gasteiger partial charge in [0.25, 0.3) is 0 Å². The molecule has 0 unspecified atom stereocenters. The van der Waals surface area contributed by atoms with Crippen LogP contribution in [0.2, 0.25) is 29.1 Å². The van der Waals surface area contributed by atoms with Gasteiger partial charge in [-0.15, -0.1) is 0 Å². The van der Waals surface area contributed by atoms with Crippen molar-refractivity contribution in [2.24, 2.45) is 5.41 Å². The summed E-state index contributed by atoms with van der Waals surface area (Å²) >= 11 is 0. The van der Waals surface area contributed by atoms with Gasteiger partial charge in [-0.3, -0.25) is 33.6 Å². The second kappa shape index (κ2) is 48.9. The van der Waals surface area contributed by atoms with Gasteiger partial charge in [0.05, 0.1) is 25.2 Å². The quantitative estimate of drug-likeness (QED) is 0.0105. The fraction of sp³-hybridized carbons (Fsp3) is 0.409. The van der Waals surface area contributed by atoms with Crippen LogP contribution in [0.25, 0.3) is 0 Å². The number of hydrogen-bond acceptors (Lipinski definition) is 32. The third-order valence-corrected chi connectivity index (χ3v) is 22.0. The van der Waals surface area contributed by atoms with Crippen molar-refractivity contribution in [2.75, 3.05) is 34.6 Å². The number of rotatable bonds is 30. The molecule has 7 aromatic rings. The van der Waals surface area contributed by atoms with Crippen LogP contribution < -0.4 is 28.6 Å². The molecule has 0 radical (unpaired) electrons. The number of ketones is 5. The van der Waals surface area contributed by atoms with E-state index in [-0.39, 0.29) is 130 Å². The van der Waals surface area contributed by atoms with E-state index in [1.54, 1.807) is 126 Å². The van der Waals surface area contributed by atoms with Gasteiger partial charge in [0.2, 0.25) is 20.4 Å². The molecule has 13 rings (SSSR count). The maximum absolute atomic E-state index is 12.6. The van der Waals surface area contributed by atoms with Gasteiger partial charge in [-0.2, -0.15) is 0 Å². The average molecular weight is 1790 g/mol. The minimum Gasteiger partial charge on any atom is -0.535 e. The molecule has 6 N–H and O–H groups in total. The Morgan fingerprint density at radius 3 is 1.01 bits per heavy atom. The number of benzene rings is 7. The Morgan fingerprint density at radius 2 is 0.677 bits per heavy atom. The van der Waals surface area contributed by atoms with E-state index in [4.69, 9.17) is 56.4 Å². The van der Waals surface area contributed by atoms with E-state index in [1.165, 1.54) is 50.5 Å². The van der Waals surface area contributed by atoms with Gasteiger partial charge in [-0.1, -0.05) is 125 Å². The second-order valence-electron chi connectivity index (χ2n) is 32.9. The van der Waals surface area contributed by atoms with E-state index in [1.807, 2.05) is 32.0 Å². The molecule has 0 fully saturated rings. The largest absolute Gasteiger partial charge is 0.535 e. The number of carbonyl (C=O) groups excluding carboxylic acids is 13. The third kappa shape index (κ3) is 28.6. The zero-order valence-corrected chi connectivity index (χ0v) is 74.5. The molecule has 130 heavy (non-hydrogen) atoms. The van der Waals surface area contributed by atoms with Gasteiger partial charge >= 0.3 is 83.3 Å². The van der Waals surface area contributed by atoms with Crippen molar-refractivity contribution in [1.29, 1.82) is 0 Å². The summed E-state index contributed by atoms with van der Waals surface area (Å²) in [4.78, 5) is 154. The van der Waals surface area contributed by atoms with E-state index in [0.29, 0.717) is 92.4 Å².